The number of para-hydroxylation sites is 1. The number of carbonyl (C=O) groups is 1. The molecule has 2 rings (SSSR count). The molecular weight excluding hydrogens is 226 g/mol. The van der Waals surface area contributed by atoms with Crippen molar-refractivity contribution in [1.82, 2.24) is 4.57 Å². The van der Waals surface area contributed by atoms with Crippen LogP contribution in [0.2, 0.25) is 0 Å². The van der Waals surface area contributed by atoms with Gasteiger partial charge in [-0.3, -0.25) is 4.79 Å². The van der Waals surface area contributed by atoms with Crippen molar-refractivity contribution in [3.8, 4) is 0 Å². The first-order valence-electron chi connectivity index (χ1n) is 6.43. The van der Waals surface area contributed by atoms with Gasteiger partial charge in [-0.2, -0.15) is 0 Å². The van der Waals surface area contributed by atoms with Crippen LogP contribution in [0.5, 0.6) is 0 Å². The minimum Gasteiger partial charge on any atom is -0.481 e. The Labute approximate surface area is 107 Å². The molecule has 1 aromatic heterocycles. The SMILES string of the molecule is Cn1cc(CCCCCC(=O)O)c2ccccc21. The van der Waals surface area contributed by atoms with E-state index in [4.69, 9.17) is 5.11 Å². The van der Waals surface area contributed by atoms with Gasteiger partial charge in [-0.1, -0.05) is 24.6 Å². The number of benzene rings is 1. The van der Waals surface area contributed by atoms with Gasteiger partial charge in [0.15, 0.2) is 0 Å². The number of aryl methyl sites for hydroxylation is 2. The van der Waals surface area contributed by atoms with Crippen LogP contribution < -0.4 is 0 Å². The zero-order valence-corrected chi connectivity index (χ0v) is 10.7. The molecular formula is C15H19NO2. The zero-order valence-electron chi connectivity index (χ0n) is 10.7. The van der Waals surface area contributed by atoms with E-state index in [-0.39, 0.29) is 6.42 Å². The highest BCUT2D eigenvalue weighted by molar-refractivity contribution is 5.83. The molecule has 3 heteroatoms. The van der Waals surface area contributed by atoms with Gasteiger partial charge in [0.05, 0.1) is 0 Å². The van der Waals surface area contributed by atoms with Gasteiger partial charge in [0.25, 0.3) is 0 Å². The van der Waals surface area contributed by atoms with Gasteiger partial charge in [-0.05, 0) is 30.9 Å². The van der Waals surface area contributed by atoms with Crippen molar-refractivity contribution in [2.24, 2.45) is 7.05 Å². The summed E-state index contributed by atoms with van der Waals surface area (Å²) >= 11 is 0. The van der Waals surface area contributed by atoms with Crippen molar-refractivity contribution in [2.75, 3.05) is 0 Å². The lowest BCUT2D eigenvalue weighted by molar-refractivity contribution is -0.137. The average molecular weight is 245 g/mol. The molecule has 0 saturated heterocycles. The second kappa shape index (κ2) is 5.71. The lowest BCUT2D eigenvalue weighted by atomic mass is 10.1. The van der Waals surface area contributed by atoms with Gasteiger partial charge >= 0.3 is 5.97 Å². The molecule has 96 valence electrons. The fourth-order valence-corrected chi connectivity index (χ4v) is 2.39. The second-order valence-electron chi connectivity index (χ2n) is 4.74. The first-order valence-corrected chi connectivity index (χ1v) is 6.43. The summed E-state index contributed by atoms with van der Waals surface area (Å²) in [6.45, 7) is 0. The number of hydrogen-bond donors (Lipinski definition) is 1. The number of carboxylic acid groups (broad SMARTS) is 1. The molecule has 0 atom stereocenters. The van der Waals surface area contributed by atoms with Crippen molar-refractivity contribution in [3.63, 3.8) is 0 Å². The third-order valence-electron chi connectivity index (χ3n) is 3.32. The van der Waals surface area contributed by atoms with Crippen LogP contribution in [-0.2, 0) is 18.3 Å². The third-order valence-corrected chi connectivity index (χ3v) is 3.32. The van der Waals surface area contributed by atoms with Crippen molar-refractivity contribution >= 4 is 16.9 Å². The van der Waals surface area contributed by atoms with Crippen LogP contribution in [0.25, 0.3) is 10.9 Å². The quantitative estimate of drug-likeness (QED) is 0.793. The van der Waals surface area contributed by atoms with Gasteiger partial charge in [0.1, 0.15) is 0 Å². The van der Waals surface area contributed by atoms with Gasteiger partial charge in [0.2, 0.25) is 0 Å². The highest BCUT2D eigenvalue weighted by Gasteiger charge is 2.05. The summed E-state index contributed by atoms with van der Waals surface area (Å²) in [5, 5.41) is 9.89. The van der Waals surface area contributed by atoms with Crippen molar-refractivity contribution in [1.29, 1.82) is 0 Å². The first kappa shape index (κ1) is 12.7. The van der Waals surface area contributed by atoms with Crippen LogP contribution in [0.3, 0.4) is 0 Å². The number of rotatable bonds is 6. The lowest BCUT2D eigenvalue weighted by Gasteiger charge is -1.99. The number of fused-ring (bicyclic) bond motifs is 1. The minimum absolute atomic E-state index is 0.287. The average Bonchev–Trinajstić information content (AvgIpc) is 2.66. The van der Waals surface area contributed by atoms with E-state index < -0.39 is 5.97 Å². The maximum atomic E-state index is 10.4. The molecule has 0 amide bonds. The molecule has 18 heavy (non-hydrogen) atoms. The van der Waals surface area contributed by atoms with Crippen LogP contribution in [0, 0.1) is 0 Å². The molecule has 0 spiro atoms. The summed E-state index contributed by atoms with van der Waals surface area (Å²) in [5.41, 5.74) is 2.63. The summed E-state index contributed by atoms with van der Waals surface area (Å²) in [6.07, 6.45) is 6.31. The van der Waals surface area contributed by atoms with Crippen LogP contribution in [0.1, 0.15) is 31.2 Å². The van der Waals surface area contributed by atoms with E-state index >= 15 is 0 Å². The van der Waals surface area contributed by atoms with E-state index in [1.54, 1.807) is 0 Å². The van der Waals surface area contributed by atoms with E-state index in [2.05, 4.69) is 42.1 Å². The second-order valence-corrected chi connectivity index (χ2v) is 4.74. The van der Waals surface area contributed by atoms with Gasteiger partial charge in [-0.15, -0.1) is 0 Å². The van der Waals surface area contributed by atoms with Gasteiger partial charge in [0, 0.05) is 30.6 Å². The normalized spacial score (nSPS) is 10.9. The van der Waals surface area contributed by atoms with E-state index in [1.165, 1.54) is 16.5 Å². The van der Waals surface area contributed by atoms with Crippen LogP contribution >= 0.6 is 0 Å². The Balaban J connectivity index is 1.94. The Morgan fingerprint density at radius 1 is 1.22 bits per heavy atom. The molecule has 0 aliphatic rings. The van der Waals surface area contributed by atoms with E-state index in [0.717, 1.165) is 25.7 Å². The van der Waals surface area contributed by atoms with E-state index in [0.29, 0.717) is 0 Å². The molecule has 0 radical (unpaired) electrons. The largest absolute Gasteiger partial charge is 0.481 e. The summed E-state index contributed by atoms with van der Waals surface area (Å²) in [5.74, 6) is -0.694. The summed E-state index contributed by atoms with van der Waals surface area (Å²) in [4.78, 5) is 10.4. The number of carboxylic acids is 1. The smallest absolute Gasteiger partial charge is 0.303 e. The fourth-order valence-electron chi connectivity index (χ4n) is 2.39. The van der Waals surface area contributed by atoms with Crippen molar-refractivity contribution < 1.29 is 9.90 Å². The highest BCUT2D eigenvalue weighted by atomic mass is 16.4. The number of unbranched alkanes of at least 4 members (excludes halogenated alkanes) is 2. The van der Waals surface area contributed by atoms with Crippen molar-refractivity contribution in [2.45, 2.75) is 32.1 Å². The summed E-state index contributed by atoms with van der Waals surface area (Å²) in [6, 6.07) is 8.40. The van der Waals surface area contributed by atoms with E-state index in [9.17, 15) is 4.79 Å². The highest BCUT2D eigenvalue weighted by Crippen LogP contribution is 2.22. The number of nitrogens with zero attached hydrogens (tertiary/aromatic N) is 1. The molecule has 1 aromatic carbocycles. The Kier molecular flexibility index (Phi) is 4.03. The van der Waals surface area contributed by atoms with Crippen LogP contribution in [0.15, 0.2) is 30.5 Å². The maximum absolute atomic E-state index is 10.4. The lowest BCUT2D eigenvalue weighted by Crippen LogP contribution is -1.94. The van der Waals surface area contributed by atoms with Gasteiger partial charge in [-0.25, -0.2) is 0 Å². The topological polar surface area (TPSA) is 42.2 Å². The first-order chi connectivity index (χ1) is 8.68. The molecule has 0 aliphatic carbocycles. The van der Waals surface area contributed by atoms with Crippen LogP contribution in [-0.4, -0.2) is 15.6 Å². The molecule has 0 bridgehead atoms. The Morgan fingerprint density at radius 3 is 2.78 bits per heavy atom. The third kappa shape index (κ3) is 2.92. The Bertz CT molecular complexity index is 542. The molecule has 1 heterocycles. The number of aliphatic carboxylic acids is 1. The van der Waals surface area contributed by atoms with Crippen molar-refractivity contribution in [3.05, 3.63) is 36.0 Å². The molecule has 0 fully saturated rings. The molecule has 1 N–H and O–H groups in total. The summed E-state index contributed by atoms with van der Waals surface area (Å²) in [7, 11) is 2.07. The predicted octanol–water partition coefficient (Wildman–Crippen LogP) is 3.37. The maximum Gasteiger partial charge on any atom is 0.303 e. The predicted molar refractivity (Wildman–Crippen MR) is 72.7 cm³/mol. The standard InChI is InChI=1S/C15H19NO2/c1-16-11-12(7-3-2-4-10-15(17)18)13-8-5-6-9-14(13)16/h5-6,8-9,11H,2-4,7,10H2,1H3,(H,17,18). The Hall–Kier alpha value is -1.77. The molecule has 3 nitrogen and oxygen atoms in total. The van der Waals surface area contributed by atoms with Gasteiger partial charge < -0.3 is 9.67 Å². The zero-order chi connectivity index (χ0) is 13.0. The summed E-state index contributed by atoms with van der Waals surface area (Å²) < 4.78 is 2.15. The number of hydrogen-bond acceptors (Lipinski definition) is 1. The Morgan fingerprint density at radius 2 is 2.00 bits per heavy atom. The van der Waals surface area contributed by atoms with Crippen LogP contribution in [0.4, 0.5) is 0 Å². The fraction of sp³-hybridized carbons (Fsp3) is 0.400. The molecule has 2 aromatic rings. The molecule has 0 unspecified atom stereocenters. The monoisotopic (exact) mass is 245 g/mol. The number of aromatic nitrogens is 1. The van der Waals surface area contributed by atoms with E-state index in [1.807, 2.05) is 0 Å². The molecule has 0 aliphatic heterocycles. The minimum atomic E-state index is -0.694. The molecule has 0 saturated carbocycles.